The maximum absolute atomic E-state index is 5.87. The highest BCUT2D eigenvalue weighted by Gasteiger charge is 2.40. The first-order chi connectivity index (χ1) is 9.74. The van der Waals surface area contributed by atoms with Gasteiger partial charge in [-0.15, -0.1) is 0 Å². The van der Waals surface area contributed by atoms with Gasteiger partial charge in [0.05, 0.1) is 0 Å². The van der Waals surface area contributed by atoms with Crippen LogP contribution in [-0.4, -0.2) is 31.3 Å². The Labute approximate surface area is 117 Å². The normalized spacial score (nSPS) is 21.9. The zero-order valence-electron chi connectivity index (χ0n) is 11.5. The minimum atomic E-state index is 0.401. The van der Waals surface area contributed by atoms with Crippen LogP contribution in [0.2, 0.25) is 0 Å². The van der Waals surface area contributed by atoms with E-state index in [0.717, 1.165) is 61.9 Å². The van der Waals surface area contributed by atoms with Crippen molar-refractivity contribution in [2.45, 2.75) is 19.3 Å². The molecular weight excluding hydrogens is 254 g/mol. The van der Waals surface area contributed by atoms with Gasteiger partial charge in [-0.05, 0) is 42.9 Å². The van der Waals surface area contributed by atoms with Gasteiger partial charge in [0.2, 0.25) is 0 Å². The van der Waals surface area contributed by atoms with E-state index < -0.39 is 0 Å². The van der Waals surface area contributed by atoms with Crippen molar-refractivity contribution >= 4 is 22.8 Å². The molecule has 2 fully saturated rings. The fourth-order valence-corrected chi connectivity index (χ4v) is 3.38. The van der Waals surface area contributed by atoms with E-state index in [1.54, 1.807) is 0 Å². The Morgan fingerprint density at radius 3 is 2.90 bits per heavy atom. The molecule has 2 aliphatic rings. The lowest BCUT2D eigenvalue weighted by Crippen LogP contribution is -2.33. The summed E-state index contributed by atoms with van der Waals surface area (Å²) in [6.45, 7) is 3.82. The van der Waals surface area contributed by atoms with E-state index in [0.29, 0.717) is 5.41 Å². The van der Waals surface area contributed by atoms with Crippen molar-refractivity contribution in [3.63, 3.8) is 0 Å². The Hall–Kier alpha value is -1.75. The van der Waals surface area contributed by atoms with Gasteiger partial charge in [0.15, 0.2) is 5.58 Å². The molecule has 20 heavy (non-hydrogen) atoms. The Bertz CT molecular complexity index is 631. The van der Waals surface area contributed by atoms with Crippen molar-refractivity contribution in [1.82, 2.24) is 4.98 Å². The van der Waals surface area contributed by atoms with Crippen molar-refractivity contribution in [2.75, 3.05) is 36.9 Å². The smallest absolute Gasteiger partial charge is 0.298 e. The molecule has 0 aliphatic carbocycles. The summed E-state index contributed by atoms with van der Waals surface area (Å²) in [6, 6.07) is 6.33. The number of aromatic nitrogens is 1. The minimum Gasteiger partial charge on any atom is -0.423 e. The van der Waals surface area contributed by atoms with Gasteiger partial charge >= 0.3 is 0 Å². The summed E-state index contributed by atoms with van der Waals surface area (Å²) < 4.78 is 11.4. The summed E-state index contributed by atoms with van der Waals surface area (Å²) in [6.07, 6.45) is 3.50. The quantitative estimate of drug-likeness (QED) is 0.808. The summed E-state index contributed by atoms with van der Waals surface area (Å²) in [7, 11) is 0. The van der Waals surface area contributed by atoms with Gasteiger partial charge in [0, 0.05) is 32.0 Å². The minimum absolute atomic E-state index is 0.401. The van der Waals surface area contributed by atoms with Crippen LogP contribution < -0.4 is 10.6 Å². The van der Waals surface area contributed by atoms with Crippen LogP contribution in [-0.2, 0) is 4.74 Å². The molecule has 2 N–H and O–H groups in total. The number of anilines is 2. The molecule has 0 radical (unpaired) electrons. The monoisotopic (exact) mass is 273 g/mol. The molecule has 5 heteroatoms. The van der Waals surface area contributed by atoms with E-state index in [1.165, 1.54) is 6.42 Å². The number of oxazole rings is 1. The lowest BCUT2D eigenvalue weighted by atomic mass is 9.80. The number of nitrogen functional groups attached to an aromatic ring is 1. The highest BCUT2D eigenvalue weighted by Crippen LogP contribution is 2.41. The number of benzene rings is 1. The molecular formula is C15H19N3O2. The Morgan fingerprint density at radius 2 is 2.05 bits per heavy atom. The van der Waals surface area contributed by atoms with E-state index in [9.17, 15) is 0 Å². The molecule has 2 saturated heterocycles. The molecule has 1 aromatic carbocycles. The fraction of sp³-hybridized carbons (Fsp3) is 0.533. The van der Waals surface area contributed by atoms with Crippen molar-refractivity contribution in [3.05, 3.63) is 18.2 Å². The highest BCUT2D eigenvalue weighted by molar-refractivity contribution is 5.78. The maximum Gasteiger partial charge on any atom is 0.298 e. The third-order valence-corrected chi connectivity index (χ3v) is 4.66. The van der Waals surface area contributed by atoms with Crippen molar-refractivity contribution in [3.8, 4) is 0 Å². The van der Waals surface area contributed by atoms with E-state index in [4.69, 9.17) is 14.9 Å². The van der Waals surface area contributed by atoms with Crippen LogP contribution in [0.5, 0.6) is 0 Å². The Kier molecular flexibility index (Phi) is 2.63. The molecule has 1 aromatic heterocycles. The molecule has 2 aliphatic heterocycles. The molecule has 0 amide bonds. The predicted octanol–water partition coefficient (Wildman–Crippen LogP) is 2.42. The lowest BCUT2D eigenvalue weighted by molar-refractivity contribution is 0.0253. The third kappa shape index (κ3) is 1.93. The van der Waals surface area contributed by atoms with E-state index in [1.807, 2.05) is 18.2 Å². The standard InChI is InChI=1S/C15H19N3O2/c16-11-1-2-13-12(9-11)17-14(20-13)18-6-3-15(10-18)4-7-19-8-5-15/h1-2,9H,3-8,10,16H2. The zero-order valence-corrected chi connectivity index (χ0v) is 11.5. The van der Waals surface area contributed by atoms with Crippen LogP contribution in [0.25, 0.3) is 11.1 Å². The molecule has 1 spiro atoms. The SMILES string of the molecule is Nc1ccc2oc(N3CCC4(CCOCC4)C3)nc2c1. The highest BCUT2D eigenvalue weighted by atomic mass is 16.5. The number of rotatable bonds is 1. The second kappa shape index (κ2) is 4.38. The van der Waals surface area contributed by atoms with Crippen LogP contribution >= 0.6 is 0 Å². The second-order valence-corrected chi connectivity index (χ2v) is 6.01. The summed E-state index contributed by atoms with van der Waals surface area (Å²) in [5.74, 6) is 0. The number of hydrogen-bond donors (Lipinski definition) is 1. The molecule has 0 atom stereocenters. The van der Waals surface area contributed by atoms with Gasteiger partial charge in [-0.2, -0.15) is 4.98 Å². The van der Waals surface area contributed by atoms with Gasteiger partial charge in [0.1, 0.15) is 5.52 Å². The summed E-state index contributed by atoms with van der Waals surface area (Å²) in [4.78, 5) is 6.85. The van der Waals surface area contributed by atoms with Gasteiger partial charge in [-0.3, -0.25) is 0 Å². The molecule has 2 aromatic rings. The molecule has 0 saturated carbocycles. The summed E-state index contributed by atoms with van der Waals surface area (Å²) in [5.41, 5.74) is 8.56. The van der Waals surface area contributed by atoms with Gasteiger partial charge in [-0.25, -0.2) is 0 Å². The van der Waals surface area contributed by atoms with Gasteiger partial charge in [0.25, 0.3) is 6.01 Å². The van der Waals surface area contributed by atoms with Crippen molar-refractivity contribution < 1.29 is 9.15 Å². The fourth-order valence-electron chi connectivity index (χ4n) is 3.38. The number of ether oxygens (including phenoxy) is 1. The van der Waals surface area contributed by atoms with Crippen LogP contribution in [0.3, 0.4) is 0 Å². The number of fused-ring (bicyclic) bond motifs is 1. The Balaban J connectivity index is 1.60. The first-order valence-corrected chi connectivity index (χ1v) is 7.23. The van der Waals surface area contributed by atoms with Crippen LogP contribution in [0.4, 0.5) is 11.7 Å². The molecule has 0 bridgehead atoms. The van der Waals surface area contributed by atoms with Gasteiger partial charge in [-0.1, -0.05) is 0 Å². The topological polar surface area (TPSA) is 64.5 Å². The lowest BCUT2D eigenvalue weighted by Gasteiger charge is -2.32. The third-order valence-electron chi connectivity index (χ3n) is 4.66. The average Bonchev–Trinajstić information content (AvgIpc) is 3.04. The first kappa shape index (κ1) is 12.0. The summed E-state index contributed by atoms with van der Waals surface area (Å²) >= 11 is 0. The van der Waals surface area contributed by atoms with E-state index >= 15 is 0 Å². The molecule has 5 nitrogen and oxygen atoms in total. The molecule has 3 heterocycles. The molecule has 0 unspecified atom stereocenters. The number of nitrogens with zero attached hydrogens (tertiary/aromatic N) is 2. The molecule has 4 rings (SSSR count). The molecule has 106 valence electrons. The van der Waals surface area contributed by atoms with Gasteiger partial charge < -0.3 is 19.8 Å². The second-order valence-electron chi connectivity index (χ2n) is 6.01. The van der Waals surface area contributed by atoms with Crippen LogP contribution in [0.1, 0.15) is 19.3 Å². The number of hydrogen-bond acceptors (Lipinski definition) is 5. The summed E-state index contributed by atoms with van der Waals surface area (Å²) in [5, 5.41) is 0. The zero-order chi connectivity index (χ0) is 13.6. The van der Waals surface area contributed by atoms with Crippen molar-refractivity contribution in [2.24, 2.45) is 5.41 Å². The number of nitrogens with two attached hydrogens (primary N) is 1. The van der Waals surface area contributed by atoms with E-state index in [-0.39, 0.29) is 0 Å². The Morgan fingerprint density at radius 1 is 1.20 bits per heavy atom. The largest absolute Gasteiger partial charge is 0.423 e. The maximum atomic E-state index is 5.87. The predicted molar refractivity (Wildman–Crippen MR) is 77.7 cm³/mol. The van der Waals surface area contributed by atoms with Crippen LogP contribution in [0, 0.1) is 5.41 Å². The first-order valence-electron chi connectivity index (χ1n) is 7.23. The van der Waals surface area contributed by atoms with Crippen molar-refractivity contribution in [1.29, 1.82) is 0 Å². The van der Waals surface area contributed by atoms with E-state index in [2.05, 4.69) is 9.88 Å². The van der Waals surface area contributed by atoms with Crippen LogP contribution in [0.15, 0.2) is 22.6 Å². The average molecular weight is 273 g/mol.